The minimum atomic E-state index is -1.05. The van der Waals surface area contributed by atoms with Crippen molar-refractivity contribution in [3.05, 3.63) is 94.5 Å². The number of carbonyl (C=O) groups is 2. The predicted octanol–water partition coefficient (Wildman–Crippen LogP) is 6.43. The van der Waals surface area contributed by atoms with Crippen molar-refractivity contribution in [3.8, 4) is 11.1 Å². The summed E-state index contributed by atoms with van der Waals surface area (Å²) in [5.41, 5.74) is 4.23. The molecule has 0 N–H and O–H groups in total. The van der Waals surface area contributed by atoms with Gasteiger partial charge in [-0.1, -0.05) is 82.7 Å². The fraction of sp³-hybridized carbons (Fsp3) is 0.310. The second kappa shape index (κ2) is 11.8. The summed E-state index contributed by atoms with van der Waals surface area (Å²) < 4.78 is 18.3. The van der Waals surface area contributed by atoms with Gasteiger partial charge in [-0.15, -0.1) is 0 Å². The summed E-state index contributed by atoms with van der Waals surface area (Å²) >= 11 is 3.47. The van der Waals surface area contributed by atoms with Gasteiger partial charge in [0.25, 0.3) is 0 Å². The summed E-state index contributed by atoms with van der Waals surface area (Å²) in [7, 11) is 0. The zero-order valence-electron chi connectivity index (χ0n) is 19.7. The fourth-order valence-electron chi connectivity index (χ4n) is 4.47. The maximum atomic E-state index is 12.9. The molecule has 1 saturated heterocycles. The van der Waals surface area contributed by atoms with Gasteiger partial charge in [0.1, 0.15) is 0 Å². The number of esters is 2. The topological polar surface area (TPSA) is 61.8 Å². The van der Waals surface area contributed by atoms with E-state index in [0.29, 0.717) is 19.6 Å². The number of rotatable bonds is 9. The molecule has 5 nitrogen and oxygen atoms in total. The van der Waals surface area contributed by atoms with Crippen molar-refractivity contribution in [3.63, 3.8) is 0 Å². The molecular formula is C29H29BrO5. The zero-order valence-corrected chi connectivity index (χ0v) is 21.3. The van der Waals surface area contributed by atoms with Crippen LogP contribution in [0.3, 0.4) is 0 Å². The standard InChI is InChI=1S/C29H29BrO5/c1-21(31)35-28(32)25(9-5-8-22-6-3-2-4-7-22)20-29(33-18-19-34-29)26-14-10-23(11-15-26)24-12-16-27(30)17-13-24/h2-4,6-7,10-17,25H,5,8-9,18-20H2,1H3/t25-/m0/s1. The molecule has 6 heteroatoms. The number of hydrogen-bond acceptors (Lipinski definition) is 5. The highest BCUT2D eigenvalue weighted by Gasteiger charge is 2.43. The van der Waals surface area contributed by atoms with Crippen LogP contribution in [0.4, 0.5) is 0 Å². The first-order valence-electron chi connectivity index (χ1n) is 11.9. The van der Waals surface area contributed by atoms with E-state index in [0.717, 1.165) is 34.0 Å². The van der Waals surface area contributed by atoms with Crippen molar-refractivity contribution in [2.24, 2.45) is 5.92 Å². The van der Waals surface area contributed by atoms with E-state index in [1.165, 1.54) is 12.5 Å². The molecule has 1 aliphatic rings. The van der Waals surface area contributed by atoms with Crippen molar-refractivity contribution in [1.82, 2.24) is 0 Å². The Hall–Kier alpha value is -2.80. The molecule has 0 unspecified atom stereocenters. The van der Waals surface area contributed by atoms with Gasteiger partial charge in [-0.3, -0.25) is 9.59 Å². The molecule has 0 aliphatic carbocycles. The van der Waals surface area contributed by atoms with E-state index in [9.17, 15) is 9.59 Å². The van der Waals surface area contributed by atoms with Gasteiger partial charge in [-0.05, 0) is 48.1 Å². The van der Waals surface area contributed by atoms with Crippen LogP contribution in [0.15, 0.2) is 83.3 Å². The predicted molar refractivity (Wildman–Crippen MR) is 137 cm³/mol. The summed E-state index contributed by atoms with van der Waals surface area (Å²) in [6, 6.07) is 26.3. The Morgan fingerprint density at radius 2 is 1.51 bits per heavy atom. The van der Waals surface area contributed by atoms with Crippen molar-refractivity contribution in [2.45, 2.75) is 38.4 Å². The van der Waals surface area contributed by atoms with Crippen LogP contribution >= 0.6 is 15.9 Å². The number of ether oxygens (including phenoxy) is 3. The van der Waals surface area contributed by atoms with Crippen molar-refractivity contribution < 1.29 is 23.8 Å². The van der Waals surface area contributed by atoms with Gasteiger partial charge in [0.05, 0.1) is 19.1 Å². The molecule has 0 radical (unpaired) electrons. The van der Waals surface area contributed by atoms with Gasteiger partial charge in [-0.2, -0.15) is 0 Å². The maximum absolute atomic E-state index is 12.9. The minimum Gasteiger partial charge on any atom is -0.393 e. The first-order chi connectivity index (χ1) is 16.9. The monoisotopic (exact) mass is 536 g/mol. The summed E-state index contributed by atoms with van der Waals surface area (Å²) in [6.45, 7) is 2.12. The molecule has 0 spiro atoms. The number of hydrogen-bond donors (Lipinski definition) is 0. The van der Waals surface area contributed by atoms with Crippen LogP contribution in [0.5, 0.6) is 0 Å². The van der Waals surface area contributed by atoms with Gasteiger partial charge >= 0.3 is 11.9 Å². The van der Waals surface area contributed by atoms with Gasteiger partial charge in [0.2, 0.25) is 0 Å². The Balaban J connectivity index is 1.52. The highest BCUT2D eigenvalue weighted by atomic mass is 79.9. The van der Waals surface area contributed by atoms with Crippen molar-refractivity contribution >= 4 is 27.9 Å². The SMILES string of the molecule is CC(=O)OC(=O)[C@@H](CCCc1ccccc1)CC1(c2ccc(-c3ccc(Br)cc3)cc2)OCCO1. The van der Waals surface area contributed by atoms with Crippen LogP contribution in [0.25, 0.3) is 11.1 Å². The Kier molecular flexibility index (Phi) is 8.50. The van der Waals surface area contributed by atoms with Crippen LogP contribution < -0.4 is 0 Å². The summed E-state index contributed by atoms with van der Waals surface area (Å²) in [5.74, 6) is -2.72. The van der Waals surface area contributed by atoms with Gasteiger partial charge in [0.15, 0.2) is 5.79 Å². The Morgan fingerprint density at radius 1 is 0.914 bits per heavy atom. The van der Waals surface area contributed by atoms with E-state index in [2.05, 4.69) is 40.2 Å². The van der Waals surface area contributed by atoms with Crippen LogP contribution in [-0.4, -0.2) is 25.2 Å². The van der Waals surface area contributed by atoms with E-state index in [1.807, 2.05) is 54.6 Å². The van der Waals surface area contributed by atoms with E-state index in [1.54, 1.807) is 0 Å². The van der Waals surface area contributed by atoms with E-state index >= 15 is 0 Å². The zero-order chi connectivity index (χ0) is 24.7. The van der Waals surface area contributed by atoms with Gasteiger partial charge in [-0.25, -0.2) is 0 Å². The average Bonchev–Trinajstić information content (AvgIpc) is 3.34. The highest BCUT2D eigenvalue weighted by molar-refractivity contribution is 9.10. The average molecular weight is 537 g/mol. The highest BCUT2D eigenvalue weighted by Crippen LogP contribution is 2.40. The largest absolute Gasteiger partial charge is 0.393 e. The molecule has 4 rings (SSSR count). The van der Waals surface area contributed by atoms with Crippen LogP contribution in [0, 0.1) is 5.92 Å². The van der Waals surface area contributed by atoms with E-state index in [-0.39, 0.29) is 6.42 Å². The molecular weight excluding hydrogens is 508 g/mol. The smallest absolute Gasteiger partial charge is 0.316 e. The molecule has 0 saturated carbocycles. The molecule has 1 heterocycles. The second-order valence-corrected chi connectivity index (χ2v) is 9.64. The van der Waals surface area contributed by atoms with Crippen molar-refractivity contribution in [1.29, 1.82) is 0 Å². The Labute approximate surface area is 214 Å². The first kappa shape index (κ1) is 25.3. The van der Waals surface area contributed by atoms with Crippen LogP contribution in [-0.2, 0) is 36.0 Å². The lowest BCUT2D eigenvalue weighted by Crippen LogP contribution is -2.34. The molecule has 1 fully saturated rings. The third-order valence-electron chi connectivity index (χ3n) is 6.21. The molecule has 1 aliphatic heterocycles. The molecule has 1 atom stereocenters. The van der Waals surface area contributed by atoms with E-state index in [4.69, 9.17) is 14.2 Å². The Bertz CT molecular complexity index is 1120. The molecule has 35 heavy (non-hydrogen) atoms. The van der Waals surface area contributed by atoms with Crippen LogP contribution in [0.2, 0.25) is 0 Å². The molecule has 0 aromatic heterocycles. The molecule has 0 amide bonds. The maximum Gasteiger partial charge on any atom is 0.316 e. The third kappa shape index (κ3) is 6.66. The summed E-state index contributed by atoms with van der Waals surface area (Å²) in [5, 5.41) is 0. The van der Waals surface area contributed by atoms with Crippen LogP contribution in [0.1, 0.15) is 37.3 Å². The lowest BCUT2D eigenvalue weighted by molar-refractivity contribution is -0.189. The Morgan fingerprint density at radius 3 is 2.11 bits per heavy atom. The molecule has 182 valence electrons. The molecule has 3 aromatic rings. The quantitative estimate of drug-likeness (QED) is 0.232. The summed E-state index contributed by atoms with van der Waals surface area (Å²) in [4.78, 5) is 24.4. The number of halogens is 1. The molecule has 3 aromatic carbocycles. The van der Waals surface area contributed by atoms with E-state index < -0.39 is 23.6 Å². The normalized spacial score (nSPS) is 15.5. The fourth-order valence-corrected chi connectivity index (χ4v) is 4.73. The van der Waals surface area contributed by atoms with Gasteiger partial charge in [0, 0.05) is 23.4 Å². The lowest BCUT2D eigenvalue weighted by Gasteiger charge is -2.31. The number of carbonyl (C=O) groups excluding carboxylic acids is 2. The number of benzene rings is 3. The summed E-state index contributed by atoms with van der Waals surface area (Å²) in [6.07, 6.45) is 2.46. The number of aryl methyl sites for hydroxylation is 1. The van der Waals surface area contributed by atoms with Crippen molar-refractivity contribution in [2.75, 3.05) is 13.2 Å². The molecule has 0 bridgehead atoms. The van der Waals surface area contributed by atoms with Gasteiger partial charge < -0.3 is 14.2 Å². The first-order valence-corrected chi connectivity index (χ1v) is 12.6. The second-order valence-electron chi connectivity index (χ2n) is 8.73. The lowest BCUT2D eigenvalue weighted by atomic mass is 9.88. The minimum absolute atomic E-state index is 0.283. The third-order valence-corrected chi connectivity index (χ3v) is 6.74.